The number of hydrogen-bond acceptors (Lipinski definition) is 5. The van der Waals surface area contributed by atoms with Crippen molar-refractivity contribution in [2.75, 3.05) is 26.4 Å². The van der Waals surface area contributed by atoms with Crippen molar-refractivity contribution in [1.82, 2.24) is 14.6 Å². The zero-order valence-electron chi connectivity index (χ0n) is 14.9. The number of carbonyl (C=O) groups is 2. The monoisotopic (exact) mass is 375 g/mol. The lowest BCUT2D eigenvalue weighted by atomic mass is 10.1. The van der Waals surface area contributed by atoms with Crippen LogP contribution in [0.4, 0.5) is 0 Å². The average molecular weight is 375 g/mol. The molecule has 1 N–H and O–H groups in total. The van der Waals surface area contributed by atoms with Crippen LogP contribution in [-0.4, -0.2) is 55.8 Å². The third-order valence-corrected chi connectivity index (χ3v) is 5.18. The molecule has 1 aromatic carbocycles. The molecule has 0 atom stereocenters. The molecule has 138 valence electrons. The maximum Gasteiger partial charge on any atom is 0.251 e. The van der Waals surface area contributed by atoms with Crippen molar-refractivity contribution in [2.45, 2.75) is 6.92 Å². The second-order valence-electron chi connectivity index (χ2n) is 5.91. The van der Waals surface area contributed by atoms with Crippen molar-refractivity contribution in [3.63, 3.8) is 0 Å². The Morgan fingerprint density at radius 2 is 1.88 bits per heavy atom. The summed E-state index contributed by atoms with van der Waals surface area (Å²) >= 11 is 0. The van der Waals surface area contributed by atoms with E-state index in [1.54, 1.807) is 30.3 Å². The van der Waals surface area contributed by atoms with Gasteiger partial charge in [0.05, 0.1) is 11.9 Å². The standard InChI is InChI=1S/C18H21N3O4S/c1-13(22)16-7-8-17(20-12-16)14-5-4-6-15(11-14)18(23)19-9-10-21(2)26(3,24)25/h4-8,11-12H,9-10H2,1-3H3,(H,19,23). The van der Waals surface area contributed by atoms with E-state index in [2.05, 4.69) is 10.3 Å². The van der Waals surface area contributed by atoms with Gasteiger partial charge in [0.15, 0.2) is 5.78 Å². The van der Waals surface area contributed by atoms with Gasteiger partial charge in [-0.25, -0.2) is 12.7 Å². The zero-order valence-corrected chi connectivity index (χ0v) is 15.7. The van der Waals surface area contributed by atoms with Gasteiger partial charge in [-0.3, -0.25) is 14.6 Å². The number of sulfonamides is 1. The van der Waals surface area contributed by atoms with Gasteiger partial charge in [-0.1, -0.05) is 12.1 Å². The molecule has 0 aliphatic carbocycles. The molecule has 1 amide bonds. The van der Waals surface area contributed by atoms with E-state index in [1.165, 1.54) is 24.5 Å². The highest BCUT2D eigenvalue weighted by Gasteiger charge is 2.12. The lowest BCUT2D eigenvalue weighted by Gasteiger charge is -2.14. The number of pyridine rings is 1. The molecule has 1 heterocycles. The fraction of sp³-hybridized carbons (Fsp3) is 0.278. The molecule has 2 aromatic rings. The molecule has 0 bridgehead atoms. The van der Waals surface area contributed by atoms with Crippen molar-refractivity contribution < 1.29 is 18.0 Å². The minimum absolute atomic E-state index is 0.0590. The first-order valence-electron chi connectivity index (χ1n) is 7.95. The summed E-state index contributed by atoms with van der Waals surface area (Å²) in [4.78, 5) is 27.8. The first-order valence-corrected chi connectivity index (χ1v) is 9.80. The number of hydrogen-bond donors (Lipinski definition) is 1. The number of nitrogens with one attached hydrogen (secondary N) is 1. The summed E-state index contributed by atoms with van der Waals surface area (Å²) in [6.45, 7) is 1.87. The van der Waals surface area contributed by atoms with Crippen LogP contribution in [0, 0.1) is 0 Å². The summed E-state index contributed by atoms with van der Waals surface area (Å²) in [5.41, 5.74) is 2.38. The van der Waals surface area contributed by atoms with E-state index in [9.17, 15) is 18.0 Å². The van der Waals surface area contributed by atoms with E-state index in [0.717, 1.165) is 11.8 Å². The SMILES string of the molecule is CC(=O)c1ccc(-c2cccc(C(=O)NCCN(C)S(C)(=O)=O)c2)nc1. The predicted molar refractivity (Wildman–Crippen MR) is 99.5 cm³/mol. The summed E-state index contributed by atoms with van der Waals surface area (Å²) in [5, 5.41) is 2.69. The molecule has 0 fully saturated rings. The Morgan fingerprint density at radius 1 is 1.15 bits per heavy atom. The molecule has 0 radical (unpaired) electrons. The Kier molecular flexibility index (Phi) is 6.23. The van der Waals surface area contributed by atoms with Crippen LogP contribution in [0.25, 0.3) is 11.3 Å². The summed E-state index contributed by atoms with van der Waals surface area (Å²) in [5.74, 6) is -0.356. The smallest absolute Gasteiger partial charge is 0.251 e. The van der Waals surface area contributed by atoms with Crippen LogP contribution in [-0.2, 0) is 10.0 Å². The zero-order chi connectivity index (χ0) is 19.3. The number of aromatic nitrogens is 1. The molecule has 7 nitrogen and oxygen atoms in total. The Balaban J connectivity index is 2.06. The van der Waals surface area contributed by atoms with E-state index in [-0.39, 0.29) is 24.8 Å². The molecule has 26 heavy (non-hydrogen) atoms. The molecule has 2 rings (SSSR count). The van der Waals surface area contributed by atoms with Crippen LogP contribution in [0.1, 0.15) is 27.6 Å². The maximum absolute atomic E-state index is 12.3. The van der Waals surface area contributed by atoms with E-state index >= 15 is 0 Å². The van der Waals surface area contributed by atoms with E-state index in [4.69, 9.17) is 0 Å². The van der Waals surface area contributed by atoms with Crippen LogP contribution in [0.5, 0.6) is 0 Å². The molecule has 0 saturated carbocycles. The van der Waals surface area contributed by atoms with Crippen LogP contribution in [0.3, 0.4) is 0 Å². The summed E-state index contributed by atoms with van der Waals surface area (Å²) in [6, 6.07) is 10.4. The average Bonchev–Trinajstić information content (AvgIpc) is 2.61. The minimum Gasteiger partial charge on any atom is -0.351 e. The lowest BCUT2D eigenvalue weighted by molar-refractivity contribution is 0.0951. The largest absolute Gasteiger partial charge is 0.351 e. The van der Waals surface area contributed by atoms with E-state index in [0.29, 0.717) is 16.8 Å². The molecule has 0 aliphatic heterocycles. The third kappa shape index (κ3) is 5.21. The van der Waals surface area contributed by atoms with Gasteiger partial charge in [-0.05, 0) is 31.2 Å². The number of amides is 1. The molecule has 8 heteroatoms. The quantitative estimate of drug-likeness (QED) is 0.741. The fourth-order valence-electron chi connectivity index (χ4n) is 2.19. The van der Waals surface area contributed by atoms with Crippen molar-refractivity contribution in [3.8, 4) is 11.3 Å². The molecule has 0 spiro atoms. The topological polar surface area (TPSA) is 96.4 Å². The lowest BCUT2D eigenvalue weighted by Crippen LogP contribution is -2.35. The van der Waals surface area contributed by atoms with Gasteiger partial charge in [0.2, 0.25) is 10.0 Å². The second kappa shape index (κ2) is 8.20. The van der Waals surface area contributed by atoms with Crippen molar-refractivity contribution in [2.24, 2.45) is 0 Å². The van der Waals surface area contributed by atoms with Gasteiger partial charge >= 0.3 is 0 Å². The fourth-order valence-corrected chi connectivity index (χ4v) is 2.61. The highest BCUT2D eigenvalue weighted by atomic mass is 32.2. The summed E-state index contributed by atoms with van der Waals surface area (Å²) < 4.78 is 23.8. The predicted octanol–water partition coefficient (Wildman–Crippen LogP) is 1.57. The van der Waals surface area contributed by atoms with Crippen LogP contribution in [0.15, 0.2) is 42.6 Å². The Bertz CT molecular complexity index is 908. The number of carbonyl (C=O) groups excluding carboxylic acids is 2. The van der Waals surface area contributed by atoms with Gasteiger partial charge in [0.1, 0.15) is 0 Å². The summed E-state index contributed by atoms with van der Waals surface area (Å²) in [7, 11) is -1.81. The second-order valence-corrected chi connectivity index (χ2v) is 8.00. The van der Waals surface area contributed by atoms with E-state index in [1.807, 2.05) is 6.07 Å². The number of benzene rings is 1. The number of ketones is 1. The van der Waals surface area contributed by atoms with Gasteiger partial charge in [-0.2, -0.15) is 0 Å². The molecule has 0 saturated heterocycles. The molecule has 0 unspecified atom stereocenters. The number of likely N-dealkylation sites (N-methyl/N-ethyl adjacent to an activating group) is 1. The van der Waals surface area contributed by atoms with Gasteiger partial charge in [-0.15, -0.1) is 0 Å². The first-order chi connectivity index (χ1) is 12.2. The Morgan fingerprint density at radius 3 is 2.46 bits per heavy atom. The van der Waals surface area contributed by atoms with Crippen molar-refractivity contribution in [1.29, 1.82) is 0 Å². The molecule has 1 aromatic heterocycles. The van der Waals surface area contributed by atoms with Crippen LogP contribution >= 0.6 is 0 Å². The molecule has 0 aliphatic rings. The van der Waals surface area contributed by atoms with Crippen LogP contribution < -0.4 is 5.32 Å². The number of Topliss-reactive ketones (excluding diaryl/α,β-unsaturated/α-hetero) is 1. The Labute approximate surface area is 153 Å². The van der Waals surface area contributed by atoms with Gasteiger partial charge in [0, 0.05) is 43.0 Å². The van der Waals surface area contributed by atoms with Crippen LogP contribution in [0.2, 0.25) is 0 Å². The minimum atomic E-state index is -3.27. The Hall–Kier alpha value is -2.58. The van der Waals surface area contributed by atoms with Crippen molar-refractivity contribution >= 4 is 21.7 Å². The van der Waals surface area contributed by atoms with Gasteiger partial charge in [0.25, 0.3) is 5.91 Å². The van der Waals surface area contributed by atoms with Gasteiger partial charge < -0.3 is 5.32 Å². The first kappa shape index (κ1) is 19.7. The van der Waals surface area contributed by atoms with Crippen molar-refractivity contribution in [3.05, 3.63) is 53.7 Å². The molecular weight excluding hydrogens is 354 g/mol. The molecular formula is C18H21N3O4S. The summed E-state index contributed by atoms with van der Waals surface area (Å²) in [6.07, 6.45) is 2.62. The number of nitrogens with zero attached hydrogens (tertiary/aromatic N) is 2. The third-order valence-electron chi connectivity index (χ3n) is 3.87. The normalized spacial score (nSPS) is 11.4. The van der Waals surface area contributed by atoms with E-state index < -0.39 is 10.0 Å². The number of rotatable bonds is 7. The highest BCUT2D eigenvalue weighted by Crippen LogP contribution is 2.18. The maximum atomic E-state index is 12.3. The highest BCUT2D eigenvalue weighted by molar-refractivity contribution is 7.88.